The number of halogens is 1. The van der Waals surface area contributed by atoms with Gasteiger partial charge in [0.05, 0.1) is 0 Å². The molecule has 0 saturated heterocycles. The van der Waals surface area contributed by atoms with Crippen molar-refractivity contribution in [2.24, 2.45) is 11.6 Å². The standard InChI is InChI=1S/C19H25FN5OP/c20-13-10-16(26-22)19(23-12-6-5-11-7-8-27-17(11)9-12)25-18(13)24-15-4-2-1-3-14(15)21/h5-6,9-10,14-15,27H,1-4,7-8,21-22H2,(H2,23,24,25). The number of rotatable bonds is 5. The summed E-state index contributed by atoms with van der Waals surface area (Å²) in [6, 6.07) is 7.52. The van der Waals surface area contributed by atoms with Crippen molar-refractivity contribution in [1.29, 1.82) is 0 Å². The largest absolute Gasteiger partial charge is 0.407 e. The summed E-state index contributed by atoms with van der Waals surface area (Å²) in [5, 5.41) is 7.76. The summed E-state index contributed by atoms with van der Waals surface area (Å²) >= 11 is 0. The quantitative estimate of drug-likeness (QED) is 0.464. The predicted molar refractivity (Wildman–Crippen MR) is 109 cm³/mol. The zero-order chi connectivity index (χ0) is 18.8. The van der Waals surface area contributed by atoms with Crippen LogP contribution in [0.3, 0.4) is 0 Å². The molecular weight excluding hydrogens is 364 g/mol. The predicted octanol–water partition coefficient (Wildman–Crippen LogP) is 2.76. The molecule has 1 saturated carbocycles. The molecule has 0 spiro atoms. The van der Waals surface area contributed by atoms with Crippen molar-refractivity contribution < 1.29 is 9.23 Å². The first-order valence-corrected chi connectivity index (χ1v) is 10.6. The molecule has 3 unspecified atom stereocenters. The van der Waals surface area contributed by atoms with Crippen LogP contribution in [0, 0.1) is 5.82 Å². The van der Waals surface area contributed by atoms with Crippen LogP contribution in [0.2, 0.25) is 0 Å². The maximum absolute atomic E-state index is 14.5. The Balaban J connectivity index is 1.59. The molecule has 8 heteroatoms. The van der Waals surface area contributed by atoms with Gasteiger partial charge >= 0.3 is 0 Å². The van der Waals surface area contributed by atoms with Crippen LogP contribution in [-0.2, 0) is 6.42 Å². The number of aryl methyl sites for hydroxylation is 1. The van der Waals surface area contributed by atoms with Gasteiger partial charge in [-0.25, -0.2) is 9.37 Å². The topological polar surface area (TPSA) is 98.2 Å². The fourth-order valence-electron chi connectivity index (χ4n) is 3.77. The Morgan fingerprint density at radius 1 is 1.19 bits per heavy atom. The number of aromatic nitrogens is 1. The van der Waals surface area contributed by atoms with Crippen molar-refractivity contribution in [3.63, 3.8) is 0 Å². The van der Waals surface area contributed by atoms with Gasteiger partial charge in [0.2, 0.25) is 0 Å². The van der Waals surface area contributed by atoms with E-state index >= 15 is 0 Å². The number of fused-ring (bicyclic) bond motifs is 1. The number of hydrogen-bond donors (Lipinski definition) is 4. The van der Waals surface area contributed by atoms with E-state index in [1.165, 1.54) is 23.1 Å². The highest BCUT2D eigenvalue weighted by Crippen LogP contribution is 2.32. The van der Waals surface area contributed by atoms with Gasteiger partial charge in [-0.3, -0.25) is 0 Å². The van der Waals surface area contributed by atoms with E-state index in [1.807, 2.05) is 6.07 Å². The second-order valence-corrected chi connectivity index (χ2v) is 8.55. The van der Waals surface area contributed by atoms with Crippen LogP contribution in [0.4, 0.5) is 21.7 Å². The minimum Gasteiger partial charge on any atom is -0.407 e. The first-order valence-electron chi connectivity index (χ1n) is 9.37. The normalized spacial score (nSPS) is 22.5. The first kappa shape index (κ1) is 18.4. The maximum atomic E-state index is 14.5. The lowest BCUT2D eigenvalue weighted by Gasteiger charge is -2.30. The molecule has 1 aromatic heterocycles. The van der Waals surface area contributed by atoms with E-state index < -0.39 is 5.82 Å². The van der Waals surface area contributed by atoms with Gasteiger partial charge in [-0.2, -0.15) is 5.90 Å². The van der Waals surface area contributed by atoms with Crippen molar-refractivity contribution in [2.45, 2.75) is 44.2 Å². The van der Waals surface area contributed by atoms with Gasteiger partial charge in [-0.1, -0.05) is 27.5 Å². The molecule has 0 bridgehead atoms. The van der Waals surface area contributed by atoms with Crippen LogP contribution in [0.1, 0.15) is 31.2 Å². The van der Waals surface area contributed by atoms with E-state index in [-0.39, 0.29) is 23.7 Å². The molecule has 2 aliphatic rings. The van der Waals surface area contributed by atoms with Crippen molar-refractivity contribution >= 4 is 31.2 Å². The van der Waals surface area contributed by atoms with E-state index in [9.17, 15) is 4.39 Å². The second-order valence-electron chi connectivity index (χ2n) is 7.16. The fraction of sp³-hybridized carbons (Fsp3) is 0.421. The summed E-state index contributed by atoms with van der Waals surface area (Å²) < 4.78 is 14.5. The highest BCUT2D eigenvalue weighted by molar-refractivity contribution is 7.47. The van der Waals surface area contributed by atoms with E-state index in [0.29, 0.717) is 5.82 Å². The molecule has 1 aliphatic heterocycles. The molecule has 1 fully saturated rings. The lowest BCUT2D eigenvalue weighted by Crippen LogP contribution is -2.43. The van der Waals surface area contributed by atoms with Crippen molar-refractivity contribution in [1.82, 2.24) is 4.98 Å². The number of nitrogens with zero attached hydrogens (tertiary/aromatic N) is 1. The molecule has 3 atom stereocenters. The summed E-state index contributed by atoms with van der Waals surface area (Å²) in [6.45, 7) is 0. The SMILES string of the molecule is NOc1cc(F)c(NC2CCCCC2N)nc1Nc1ccc2c(c1)PCC2. The Kier molecular flexibility index (Phi) is 5.43. The smallest absolute Gasteiger partial charge is 0.192 e. The molecular formula is C19H25FN5OP. The molecule has 1 aliphatic carbocycles. The Hall–Kier alpha value is -1.95. The van der Waals surface area contributed by atoms with Crippen molar-refractivity contribution in [3.05, 3.63) is 35.6 Å². The van der Waals surface area contributed by atoms with Gasteiger partial charge in [0.15, 0.2) is 23.2 Å². The minimum absolute atomic E-state index is 0.000466. The molecule has 4 rings (SSSR count). The van der Waals surface area contributed by atoms with Gasteiger partial charge in [0, 0.05) is 23.8 Å². The van der Waals surface area contributed by atoms with Gasteiger partial charge in [0.25, 0.3) is 0 Å². The van der Waals surface area contributed by atoms with Crippen LogP contribution in [0.5, 0.6) is 5.75 Å². The number of anilines is 3. The number of pyridine rings is 1. The van der Waals surface area contributed by atoms with Crippen molar-refractivity contribution in [3.8, 4) is 5.75 Å². The van der Waals surface area contributed by atoms with Crippen LogP contribution in [0.25, 0.3) is 0 Å². The van der Waals surface area contributed by atoms with E-state index in [2.05, 4.69) is 27.8 Å². The van der Waals surface area contributed by atoms with Crippen molar-refractivity contribution in [2.75, 3.05) is 16.8 Å². The molecule has 6 N–H and O–H groups in total. The fourth-order valence-corrected chi connectivity index (χ4v) is 5.13. The molecule has 6 nitrogen and oxygen atoms in total. The number of nitrogens with two attached hydrogens (primary N) is 2. The van der Waals surface area contributed by atoms with Crippen LogP contribution in [-0.4, -0.2) is 23.2 Å². The average molecular weight is 389 g/mol. The first-order chi connectivity index (χ1) is 13.1. The molecule has 144 valence electrons. The Morgan fingerprint density at radius 2 is 2.04 bits per heavy atom. The summed E-state index contributed by atoms with van der Waals surface area (Å²) in [4.78, 5) is 9.25. The lowest BCUT2D eigenvalue weighted by atomic mass is 9.91. The van der Waals surface area contributed by atoms with Gasteiger partial charge in [-0.05, 0) is 48.4 Å². The number of benzene rings is 1. The second kappa shape index (κ2) is 7.97. The molecule has 1 aromatic carbocycles. The zero-order valence-electron chi connectivity index (χ0n) is 15.1. The molecule has 2 heterocycles. The summed E-state index contributed by atoms with van der Waals surface area (Å²) in [6.07, 6.45) is 6.38. The van der Waals surface area contributed by atoms with Gasteiger partial charge in [-0.15, -0.1) is 0 Å². The Labute approximate surface area is 160 Å². The third-order valence-electron chi connectivity index (χ3n) is 5.29. The average Bonchev–Trinajstić information content (AvgIpc) is 3.13. The Morgan fingerprint density at radius 3 is 2.85 bits per heavy atom. The third kappa shape index (κ3) is 4.00. The number of hydrogen-bond acceptors (Lipinski definition) is 6. The third-order valence-corrected chi connectivity index (χ3v) is 6.64. The molecule has 27 heavy (non-hydrogen) atoms. The van der Waals surface area contributed by atoms with E-state index in [1.54, 1.807) is 0 Å². The zero-order valence-corrected chi connectivity index (χ0v) is 16.1. The molecule has 2 aromatic rings. The Bertz CT molecular complexity index is 834. The minimum atomic E-state index is -0.505. The van der Waals surface area contributed by atoms with E-state index in [0.717, 1.165) is 46.4 Å². The maximum Gasteiger partial charge on any atom is 0.192 e. The van der Waals surface area contributed by atoms with Gasteiger partial charge < -0.3 is 21.2 Å². The highest BCUT2D eigenvalue weighted by atomic mass is 31.1. The van der Waals surface area contributed by atoms with Crippen LogP contribution in [0.15, 0.2) is 24.3 Å². The summed E-state index contributed by atoms with van der Waals surface area (Å²) in [5.74, 6) is 5.54. The molecule has 0 amide bonds. The lowest BCUT2D eigenvalue weighted by molar-refractivity contribution is 0.333. The van der Waals surface area contributed by atoms with Crippen LogP contribution < -0.4 is 32.4 Å². The highest BCUT2D eigenvalue weighted by Gasteiger charge is 2.24. The summed E-state index contributed by atoms with van der Waals surface area (Å²) in [5.41, 5.74) is 8.46. The number of nitrogens with one attached hydrogen (secondary N) is 2. The van der Waals surface area contributed by atoms with E-state index in [4.69, 9.17) is 16.5 Å². The monoisotopic (exact) mass is 389 g/mol. The molecule has 0 radical (unpaired) electrons. The van der Waals surface area contributed by atoms with Crippen LogP contribution >= 0.6 is 8.58 Å². The summed E-state index contributed by atoms with van der Waals surface area (Å²) in [7, 11) is 0.827. The van der Waals surface area contributed by atoms with Gasteiger partial charge in [0.1, 0.15) is 0 Å².